The lowest BCUT2D eigenvalue weighted by Gasteiger charge is -2.17. The Labute approximate surface area is 231 Å². The minimum Gasteiger partial charge on any atom is -0.490 e. The Morgan fingerprint density at radius 1 is 1.00 bits per heavy atom. The summed E-state index contributed by atoms with van der Waals surface area (Å²) in [5.74, 6) is 1.61. The van der Waals surface area contributed by atoms with Gasteiger partial charge in [0.05, 0.1) is 17.2 Å². The van der Waals surface area contributed by atoms with Gasteiger partial charge in [0, 0.05) is 11.0 Å². The predicted molar refractivity (Wildman–Crippen MR) is 156 cm³/mol. The van der Waals surface area contributed by atoms with E-state index < -0.39 is 0 Å². The molecule has 1 amide bonds. The third-order valence-corrected chi connectivity index (χ3v) is 7.10. The van der Waals surface area contributed by atoms with Gasteiger partial charge in [0.2, 0.25) is 0 Å². The van der Waals surface area contributed by atoms with E-state index in [-0.39, 0.29) is 5.91 Å². The van der Waals surface area contributed by atoms with E-state index in [1.807, 2.05) is 86.7 Å². The van der Waals surface area contributed by atoms with Crippen LogP contribution in [0.1, 0.15) is 37.5 Å². The Hall–Kier alpha value is -3.03. The summed E-state index contributed by atoms with van der Waals surface area (Å²) in [6, 6.07) is 21.8. The van der Waals surface area contributed by atoms with Crippen molar-refractivity contribution in [3.05, 3.63) is 92.8 Å². The number of amides is 1. The molecule has 0 spiro atoms. The third-order valence-electron chi connectivity index (χ3n) is 5.57. The summed E-state index contributed by atoms with van der Waals surface area (Å²) < 4.78 is 13.0. The van der Waals surface area contributed by atoms with Crippen molar-refractivity contribution >= 4 is 50.5 Å². The van der Waals surface area contributed by atoms with Crippen LogP contribution >= 0.6 is 27.7 Å². The Balaban J connectivity index is 1.58. The van der Waals surface area contributed by atoms with Crippen LogP contribution in [0.3, 0.4) is 0 Å². The van der Waals surface area contributed by atoms with Crippen molar-refractivity contribution in [1.29, 1.82) is 0 Å². The summed E-state index contributed by atoms with van der Waals surface area (Å²) >= 11 is 4.86. The highest BCUT2D eigenvalue weighted by Crippen LogP contribution is 2.36. The molecule has 3 aromatic rings. The molecule has 1 heterocycles. The van der Waals surface area contributed by atoms with E-state index in [9.17, 15) is 4.79 Å². The molecular weight excluding hydrogens is 548 g/mol. The van der Waals surface area contributed by atoms with Gasteiger partial charge in [-0.2, -0.15) is 0 Å². The van der Waals surface area contributed by atoms with Gasteiger partial charge in [-0.25, -0.2) is 4.99 Å². The Kier molecular flexibility index (Phi) is 9.11. The van der Waals surface area contributed by atoms with Crippen molar-refractivity contribution in [3.63, 3.8) is 0 Å². The number of aryl methyl sites for hydroxylation is 1. The molecule has 4 rings (SSSR count). The van der Waals surface area contributed by atoms with Gasteiger partial charge in [-0.15, -0.1) is 0 Å². The second kappa shape index (κ2) is 12.5. The molecule has 1 aliphatic heterocycles. The summed E-state index contributed by atoms with van der Waals surface area (Å²) in [6.45, 7) is 9.75. The first kappa shape index (κ1) is 27.0. The Bertz CT molecular complexity index is 1300. The predicted octanol–water partition coefficient (Wildman–Crippen LogP) is 8.00. The number of halogens is 1. The van der Waals surface area contributed by atoms with Crippen LogP contribution in [0.4, 0.5) is 5.69 Å². The fourth-order valence-electron chi connectivity index (χ4n) is 3.74. The molecule has 0 bridgehead atoms. The molecule has 3 aromatic carbocycles. The number of carbonyl (C=O) groups excluding carboxylic acids is 1. The summed E-state index contributed by atoms with van der Waals surface area (Å²) in [6.07, 6.45) is 1.90. The number of carbonyl (C=O) groups is 1. The molecule has 5 nitrogen and oxygen atoms in total. The van der Waals surface area contributed by atoms with Gasteiger partial charge in [0.25, 0.3) is 5.91 Å². The highest BCUT2D eigenvalue weighted by Gasteiger charge is 2.33. The lowest BCUT2D eigenvalue weighted by atomic mass is 10.1. The second-order valence-electron chi connectivity index (χ2n) is 9.20. The van der Waals surface area contributed by atoms with E-state index in [0.29, 0.717) is 47.2 Å². The van der Waals surface area contributed by atoms with E-state index >= 15 is 0 Å². The highest BCUT2D eigenvalue weighted by atomic mass is 79.9. The van der Waals surface area contributed by atoms with Gasteiger partial charge in [-0.1, -0.05) is 65.7 Å². The van der Waals surface area contributed by atoms with Crippen molar-refractivity contribution in [2.75, 3.05) is 13.2 Å². The van der Waals surface area contributed by atoms with Gasteiger partial charge in [0.15, 0.2) is 16.7 Å². The average Bonchev–Trinajstić information content (AvgIpc) is 3.14. The normalized spacial score (nSPS) is 15.7. The number of hydrogen-bond acceptors (Lipinski definition) is 5. The van der Waals surface area contributed by atoms with E-state index in [2.05, 4.69) is 29.8 Å². The molecule has 0 radical (unpaired) electrons. The first-order chi connectivity index (χ1) is 17.8. The maximum Gasteiger partial charge on any atom is 0.266 e. The van der Waals surface area contributed by atoms with E-state index in [0.717, 1.165) is 21.3 Å². The number of aliphatic imine (C=N–C) groups is 1. The van der Waals surface area contributed by atoms with Crippen LogP contribution < -0.4 is 9.47 Å². The van der Waals surface area contributed by atoms with Crippen molar-refractivity contribution in [3.8, 4) is 11.5 Å². The zero-order chi connectivity index (χ0) is 26.4. The average molecular weight is 580 g/mol. The maximum absolute atomic E-state index is 13.4. The number of hydrogen-bond donors (Lipinski definition) is 0. The smallest absolute Gasteiger partial charge is 0.266 e. The zero-order valence-corrected chi connectivity index (χ0v) is 23.9. The zero-order valence-electron chi connectivity index (χ0n) is 21.5. The summed E-state index contributed by atoms with van der Waals surface area (Å²) in [7, 11) is 0. The lowest BCUT2D eigenvalue weighted by molar-refractivity contribution is -0.122. The molecule has 0 aromatic heterocycles. The van der Waals surface area contributed by atoms with Gasteiger partial charge >= 0.3 is 0 Å². The first-order valence-corrected chi connectivity index (χ1v) is 13.9. The third kappa shape index (κ3) is 7.27. The molecule has 0 N–H and O–H groups in total. The fraction of sp³-hybridized carbons (Fsp3) is 0.267. The summed E-state index contributed by atoms with van der Waals surface area (Å²) in [5.41, 5.74) is 3.95. The molecule has 7 heteroatoms. The minimum absolute atomic E-state index is 0.0295. The molecule has 0 atom stereocenters. The van der Waals surface area contributed by atoms with Crippen molar-refractivity contribution in [2.24, 2.45) is 10.9 Å². The van der Waals surface area contributed by atoms with Crippen molar-refractivity contribution in [2.45, 2.75) is 34.3 Å². The van der Waals surface area contributed by atoms with Gasteiger partial charge in [-0.05, 0) is 85.1 Å². The van der Waals surface area contributed by atoms with Crippen LogP contribution in [0.25, 0.3) is 6.08 Å². The van der Waals surface area contributed by atoms with Crippen LogP contribution in [-0.4, -0.2) is 29.1 Å². The molecule has 192 valence electrons. The Morgan fingerprint density at radius 3 is 2.41 bits per heavy atom. The minimum atomic E-state index is -0.0295. The Morgan fingerprint density at radius 2 is 1.73 bits per heavy atom. The SMILES string of the molecule is CCOc1cc(/C=C2/SC(=Nc3ccc(C)cc3)N(CC(C)C)C2=O)ccc1OCc1ccc(Br)cc1. The quantitative estimate of drug-likeness (QED) is 0.241. The summed E-state index contributed by atoms with van der Waals surface area (Å²) in [5, 5.41) is 0.702. The van der Waals surface area contributed by atoms with E-state index in [1.54, 1.807) is 4.90 Å². The van der Waals surface area contributed by atoms with Gasteiger partial charge in [-0.3, -0.25) is 9.69 Å². The van der Waals surface area contributed by atoms with Crippen LogP contribution in [-0.2, 0) is 11.4 Å². The van der Waals surface area contributed by atoms with Gasteiger partial charge < -0.3 is 9.47 Å². The molecule has 0 saturated carbocycles. The number of nitrogens with zero attached hydrogens (tertiary/aromatic N) is 2. The van der Waals surface area contributed by atoms with Crippen LogP contribution in [0.15, 0.2) is 81.1 Å². The molecular formula is C30H31BrN2O3S. The molecule has 1 saturated heterocycles. The first-order valence-electron chi connectivity index (χ1n) is 12.3. The second-order valence-corrected chi connectivity index (χ2v) is 11.1. The van der Waals surface area contributed by atoms with Crippen LogP contribution in [0.2, 0.25) is 0 Å². The topological polar surface area (TPSA) is 51.1 Å². The van der Waals surface area contributed by atoms with Crippen LogP contribution in [0, 0.1) is 12.8 Å². The summed E-state index contributed by atoms with van der Waals surface area (Å²) in [4.78, 5) is 20.6. The highest BCUT2D eigenvalue weighted by molar-refractivity contribution is 9.10. The van der Waals surface area contributed by atoms with Crippen molar-refractivity contribution in [1.82, 2.24) is 4.90 Å². The number of rotatable bonds is 9. The van der Waals surface area contributed by atoms with Gasteiger partial charge in [0.1, 0.15) is 6.61 Å². The largest absolute Gasteiger partial charge is 0.490 e. The maximum atomic E-state index is 13.4. The van der Waals surface area contributed by atoms with E-state index in [4.69, 9.17) is 14.5 Å². The van der Waals surface area contributed by atoms with Crippen molar-refractivity contribution < 1.29 is 14.3 Å². The molecule has 37 heavy (non-hydrogen) atoms. The lowest BCUT2D eigenvalue weighted by Crippen LogP contribution is -2.32. The van der Waals surface area contributed by atoms with E-state index in [1.165, 1.54) is 17.3 Å². The number of ether oxygens (including phenoxy) is 2. The standard InChI is InChI=1S/C30H31BrN2O3S/c1-5-35-27-16-23(10-15-26(27)36-19-22-8-11-24(31)12-9-22)17-28-29(34)33(18-20(2)3)30(37-28)32-25-13-6-21(4)7-14-25/h6-17,20H,5,18-19H2,1-4H3/b28-17+,32-30?. The molecule has 1 fully saturated rings. The fourth-order valence-corrected chi connectivity index (χ4v) is 5.01. The monoisotopic (exact) mass is 578 g/mol. The molecule has 0 unspecified atom stereocenters. The van der Waals surface area contributed by atoms with Crippen LogP contribution in [0.5, 0.6) is 11.5 Å². The molecule has 1 aliphatic rings. The number of benzene rings is 3. The molecule has 0 aliphatic carbocycles. The number of amidine groups is 1. The number of thioether (sulfide) groups is 1.